The molecular weight excluding hydrogens is 2030 g/mol. The van der Waals surface area contributed by atoms with Crippen molar-refractivity contribution < 1.29 is 92.5 Å². The van der Waals surface area contributed by atoms with Crippen LogP contribution < -0.4 is 53.2 Å². The predicted octanol–water partition coefficient (Wildman–Crippen LogP) is 22.0. The summed E-state index contributed by atoms with van der Waals surface area (Å²) in [4.78, 5) is 96.6. The normalized spacial score (nSPS) is 22.2. The van der Waals surface area contributed by atoms with Crippen LogP contribution >= 0.6 is 11.6 Å². The van der Waals surface area contributed by atoms with E-state index in [1.54, 1.807) is 57.7 Å². The quantitative estimate of drug-likeness (QED) is 0.0203. The molecule has 814 valence electrons. The number of methoxy groups -OCH3 is 1. The molecule has 10 aliphatic rings. The van der Waals surface area contributed by atoms with Crippen LogP contribution in [0.4, 0.5) is 147 Å². The molecule has 12 N–H and O–H groups in total. The lowest BCUT2D eigenvalue weighted by Gasteiger charge is -2.36. The molecule has 10 aliphatic carbocycles. The largest absolute Gasteiger partial charge is 0.384 e. The van der Waals surface area contributed by atoms with Gasteiger partial charge in [-0.3, -0.25) is 9.97 Å². The Morgan fingerprint density at radius 3 is 0.793 bits per heavy atom. The standard InChI is InChI=1S/C22H29F4N7O.C21H26F4N6.C20H23ClF4N6.C17H21F4N7.C15H17F4N7/c1-34-13-7-16-6-12-27-17(28-16)18-31-19(29-14-2-8-21(23,24)9-3-14)33-20(32-18)30-15-4-10-22(25,26)11-5-15;1-13-6-11-26-16(12-13)17-29-18(27-14-2-7-20(22,23)8-3-14)31-19(30-17)28-15-4-9-21(24,25)10-5-15;21-12-5-10-26-15(11-12)16-29-17(27-13-1-6-19(22,23)7-2-13)31-18(30-16)28-14-3-8-20(24,25)9-4-14;1-9-22-8-12(23-9)13-26-14(24-10-2-4-16(18,19)6-10)28-15(27-13)25-11-3-5-17(20,21)7-11;1-7-20-6-10(21-7)11-24-12(22-8-2-14(16,17)3-8)26-13(25-11)23-9-4-15(18,19)5-9/h6,12,14-15H,2-5,7-11,13H2,1H3,(H2,29,30,31,32,33);6,11-12,14-15H,2-5,7-10H2,1H3,(H2,27,28,29,30,31);5,10-11,13-14H,1-4,6-9H2,(H2,27,28,29,30,31);8,10-11H,2-7H2,1H3,(H,22,23)(H2,24,25,26,27,28);6,8-9H,2-5H2,1H3,(H,20,21)(H2,22,23,24,25,26). The molecule has 150 heavy (non-hydrogen) atoms. The summed E-state index contributed by atoms with van der Waals surface area (Å²) in [6.07, 6.45) is 8.20. The van der Waals surface area contributed by atoms with Crippen LogP contribution in [0, 0.1) is 20.8 Å². The van der Waals surface area contributed by atoms with Crippen molar-refractivity contribution in [2.24, 2.45) is 0 Å². The van der Waals surface area contributed by atoms with Gasteiger partial charge in [-0.05, 0) is 147 Å². The molecule has 10 heterocycles. The number of alkyl halides is 20. The van der Waals surface area contributed by atoms with Crippen LogP contribution in [0.1, 0.15) is 241 Å². The second kappa shape index (κ2) is 46.5. The Hall–Kier alpha value is -12.3. The Kier molecular flexibility index (Phi) is 34.2. The average Bonchev–Trinajstić information content (AvgIpc) is 0.861. The van der Waals surface area contributed by atoms with Crippen molar-refractivity contribution in [3.8, 4) is 57.7 Å². The number of ether oxygens (including phenoxy) is 1. The van der Waals surface area contributed by atoms with Crippen molar-refractivity contribution in [2.75, 3.05) is 66.9 Å². The van der Waals surface area contributed by atoms with Crippen molar-refractivity contribution in [3.05, 3.63) is 89.2 Å². The number of nitrogens with zero attached hydrogens (tertiary/aromatic N) is 21. The van der Waals surface area contributed by atoms with Crippen molar-refractivity contribution in [1.29, 1.82) is 0 Å². The Labute approximate surface area is 853 Å². The van der Waals surface area contributed by atoms with E-state index in [-0.39, 0.29) is 279 Å². The first-order valence-electron chi connectivity index (χ1n) is 50.1. The molecule has 10 aromatic heterocycles. The first-order chi connectivity index (χ1) is 70.9. The predicted molar refractivity (Wildman–Crippen MR) is 517 cm³/mol. The van der Waals surface area contributed by atoms with Gasteiger partial charge in [0.25, 0.3) is 11.8 Å². The van der Waals surface area contributed by atoms with Gasteiger partial charge < -0.3 is 67.9 Å². The topological polar surface area (TPSA) is 432 Å². The van der Waals surface area contributed by atoms with Gasteiger partial charge in [0.1, 0.15) is 34.4 Å². The van der Waals surface area contributed by atoms with Crippen LogP contribution in [0.15, 0.2) is 61.3 Å². The number of aromatic amines is 2. The van der Waals surface area contributed by atoms with E-state index >= 15 is 0 Å². The van der Waals surface area contributed by atoms with Gasteiger partial charge in [-0.1, -0.05) is 11.6 Å². The van der Waals surface area contributed by atoms with Crippen LogP contribution in [0.2, 0.25) is 5.02 Å². The number of aromatic nitrogens is 23. The third kappa shape index (κ3) is 32.9. The van der Waals surface area contributed by atoms with Gasteiger partial charge in [0.05, 0.1) is 19.0 Å². The lowest BCUT2D eigenvalue weighted by Crippen LogP contribution is -2.45. The molecule has 0 aliphatic heterocycles. The zero-order chi connectivity index (χ0) is 107. The molecule has 0 bridgehead atoms. The minimum Gasteiger partial charge on any atom is -0.384 e. The molecular formula is C95H116ClF20N33O. The minimum absolute atomic E-state index is 0.122. The van der Waals surface area contributed by atoms with E-state index in [1.807, 2.05) is 19.1 Å². The Morgan fingerprint density at radius 2 is 0.527 bits per heavy atom. The molecule has 10 aromatic rings. The maximum Gasteiger partial charge on any atom is 0.252 e. The summed E-state index contributed by atoms with van der Waals surface area (Å²) in [5, 5.41) is 30.8. The number of H-pyrrole nitrogens is 2. The average molecular weight is 2150 g/mol. The maximum absolute atomic E-state index is 13.5. The van der Waals surface area contributed by atoms with Crippen LogP contribution in [-0.2, 0) is 11.2 Å². The van der Waals surface area contributed by atoms with Gasteiger partial charge in [-0.15, -0.1) is 0 Å². The molecule has 34 nitrogen and oxygen atoms in total. The van der Waals surface area contributed by atoms with Crippen LogP contribution in [0.25, 0.3) is 57.7 Å². The SMILES string of the molecule is COCCc1ccnc(-c2nc(NC3CCC(F)(F)CC3)nc(NC3CCC(F)(F)CC3)n2)n1.Cc1ccnc(-c2nc(NC3CCC(F)(F)CC3)nc(NC3CCC(F)(F)CC3)n2)c1.Cc1ncc(-c2nc(NC3CC(F)(F)C3)nc(NC3CC(F)(F)C3)n2)[nH]1.Cc1ncc(-c2nc(NC3CCC(F)(F)C3)nc(NC3CCC(F)(F)C3)n2)[nH]1.FC1(F)CCC(Nc2nc(NC3CCC(F)(F)CC3)nc(-c3cc(Cl)ccn3)n2)CC1. The van der Waals surface area contributed by atoms with Gasteiger partial charge in [0, 0.05) is 232 Å². The van der Waals surface area contributed by atoms with E-state index in [0.29, 0.717) is 123 Å². The first-order valence-corrected chi connectivity index (χ1v) is 50.4. The second-order valence-electron chi connectivity index (χ2n) is 40.2. The minimum atomic E-state index is -2.70. The van der Waals surface area contributed by atoms with E-state index in [1.165, 1.54) is 12.4 Å². The van der Waals surface area contributed by atoms with Crippen LogP contribution in [0.3, 0.4) is 0 Å². The highest BCUT2D eigenvalue weighted by atomic mass is 35.5. The molecule has 0 aromatic carbocycles. The van der Waals surface area contributed by atoms with Gasteiger partial charge >= 0.3 is 0 Å². The molecule has 0 spiro atoms. The fourth-order valence-electron chi connectivity index (χ4n) is 18.8. The zero-order valence-corrected chi connectivity index (χ0v) is 83.0. The number of anilines is 10. The Bertz CT molecular complexity index is 5740. The van der Waals surface area contributed by atoms with E-state index in [2.05, 4.69) is 168 Å². The zero-order valence-electron chi connectivity index (χ0n) is 82.2. The summed E-state index contributed by atoms with van der Waals surface area (Å²) < 4.78 is 273. The summed E-state index contributed by atoms with van der Waals surface area (Å²) in [5.74, 6) is -21.7. The highest BCUT2D eigenvalue weighted by Gasteiger charge is 2.49. The maximum atomic E-state index is 13.5. The number of pyridine rings is 2. The number of hydrogen-bond donors (Lipinski definition) is 12. The highest BCUT2D eigenvalue weighted by molar-refractivity contribution is 6.30. The van der Waals surface area contributed by atoms with E-state index in [0.717, 1.165) is 11.3 Å². The second-order valence-corrected chi connectivity index (χ2v) is 40.7. The third-order valence-electron chi connectivity index (χ3n) is 27.3. The fraction of sp³-hybridized carbons (Fsp3) is 0.632. The summed E-state index contributed by atoms with van der Waals surface area (Å²) in [5.41, 5.74) is 3.76. The summed E-state index contributed by atoms with van der Waals surface area (Å²) in [6.45, 7) is 5.95. The van der Waals surface area contributed by atoms with Crippen molar-refractivity contribution in [2.45, 2.75) is 365 Å². The number of imidazole rings is 2. The molecule has 0 saturated heterocycles. The number of nitrogens with one attached hydrogen (secondary N) is 12. The number of halogens is 21. The van der Waals surface area contributed by atoms with E-state index < -0.39 is 83.4 Å². The molecule has 0 amide bonds. The van der Waals surface area contributed by atoms with Crippen LogP contribution in [-0.4, -0.2) is 248 Å². The van der Waals surface area contributed by atoms with E-state index in [9.17, 15) is 87.8 Å². The summed E-state index contributed by atoms with van der Waals surface area (Å²) in [6, 6.07) is 5.77. The Balaban J connectivity index is 0.000000134. The smallest absolute Gasteiger partial charge is 0.252 e. The lowest BCUT2D eigenvalue weighted by atomic mass is 9.88. The third-order valence-corrected chi connectivity index (χ3v) is 27.5. The highest BCUT2D eigenvalue weighted by Crippen LogP contribution is 2.46. The molecule has 10 fully saturated rings. The van der Waals surface area contributed by atoms with Crippen molar-refractivity contribution in [3.63, 3.8) is 0 Å². The number of rotatable bonds is 28. The van der Waals surface area contributed by atoms with Gasteiger partial charge in [-0.2, -0.15) is 74.8 Å². The molecule has 55 heteroatoms. The lowest BCUT2D eigenvalue weighted by molar-refractivity contribution is -0.0799. The van der Waals surface area contributed by atoms with Gasteiger partial charge in [-0.25, -0.2) is 108 Å². The van der Waals surface area contributed by atoms with Crippen molar-refractivity contribution >= 4 is 71.1 Å². The molecule has 10 saturated carbocycles. The Morgan fingerprint density at radius 1 is 0.273 bits per heavy atom. The summed E-state index contributed by atoms with van der Waals surface area (Å²) >= 11 is 6.05. The molecule has 2 unspecified atom stereocenters. The fourth-order valence-corrected chi connectivity index (χ4v) is 19.0. The monoisotopic (exact) mass is 2150 g/mol. The van der Waals surface area contributed by atoms with Gasteiger partial charge in [0.15, 0.2) is 29.1 Å². The molecule has 20 rings (SSSR count). The number of hydrogen-bond acceptors (Lipinski definition) is 32. The molecule has 2 atom stereocenters. The molecule has 0 radical (unpaired) electrons. The van der Waals surface area contributed by atoms with E-state index in [4.69, 9.17) is 16.3 Å². The summed E-state index contributed by atoms with van der Waals surface area (Å²) in [7, 11) is 1.60. The van der Waals surface area contributed by atoms with Gasteiger partial charge in [0.2, 0.25) is 113 Å². The first kappa shape index (κ1) is 110. The van der Waals surface area contributed by atoms with Crippen LogP contribution in [0.5, 0.6) is 0 Å². The van der Waals surface area contributed by atoms with Crippen molar-refractivity contribution in [1.82, 2.24) is 115 Å². The number of aryl methyl sites for hydroxylation is 3.